The molecule has 0 radical (unpaired) electrons. The largest absolute Gasteiger partial charge is 0.302 e. The molecule has 0 atom stereocenters. The minimum atomic E-state index is -3.54. The lowest BCUT2D eigenvalue weighted by molar-refractivity contribution is -0.118. The SMILES string of the molecule is CCN(CC)CCN(C(=O)CCS(=O)(=O)c1ccc(C)cc1)c1nc2ccc(SC)cc2s1.Cl. The number of carbonyl (C=O) groups excluding carboxylic acids is 1. The molecule has 3 aromatic rings. The van der Waals surface area contributed by atoms with Crippen LogP contribution in [0.15, 0.2) is 52.3 Å². The highest BCUT2D eigenvalue weighted by molar-refractivity contribution is 7.98. The fraction of sp³-hybridized carbons (Fsp3) is 0.417. The molecular weight excluding hydrogens is 510 g/mol. The Hall–Kier alpha value is -1.65. The van der Waals surface area contributed by atoms with Crippen molar-refractivity contribution in [2.24, 2.45) is 0 Å². The molecule has 3 rings (SSSR count). The lowest BCUT2D eigenvalue weighted by Gasteiger charge is -2.24. The van der Waals surface area contributed by atoms with Crippen molar-refractivity contribution in [2.75, 3.05) is 43.1 Å². The molecule has 2 aromatic carbocycles. The number of halogens is 1. The molecule has 0 unspecified atom stereocenters. The molecule has 0 aliphatic carbocycles. The number of aromatic nitrogens is 1. The number of rotatable bonds is 11. The molecule has 34 heavy (non-hydrogen) atoms. The second-order valence-corrected chi connectivity index (χ2v) is 11.8. The van der Waals surface area contributed by atoms with Crippen molar-refractivity contribution in [3.8, 4) is 0 Å². The Bertz CT molecular complexity index is 1190. The summed E-state index contributed by atoms with van der Waals surface area (Å²) in [5.41, 5.74) is 1.84. The van der Waals surface area contributed by atoms with Gasteiger partial charge in [-0.25, -0.2) is 13.4 Å². The van der Waals surface area contributed by atoms with Gasteiger partial charge in [-0.2, -0.15) is 0 Å². The molecule has 1 heterocycles. The molecule has 0 N–H and O–H groups in total. The first-order valence-corrected chi connectivity index (χ1v) is 14.7. The fourth-order valence-corrected chi connectivity index (χ4v) is 6.26. The van der Waals surface area contributed by atoms with Crippen LogP contribution in [0.2, 0.25) is 0 Å². The van der Waals surface area contributed by atoms with E-state index in [0.717, 1.165) is 33.8 Å². The minimum Gasteiger partial charge on any atom is -0.302 e. The average molecular weight is 542 g/mol. The Balaban J connectivity index is 0.00000408. The summed E-state index contributed by atoms with van der Waals surface area (Å²) in [6.07, 6.45) is 1.94. The Kier molecular flexibility index (Phi) is 10.8. The van der Waals surface area contributed by atoms with Gasteiger partial charge >= 0.3 is 0 Å². The van der Waals surface area contributed by atoms with E-state index in [-0.39, 0.29) is 35.4 Å². The quantitative estimate of drug-likeness (QED) is 0.307. The summed E-state index contributed by atoms with van der Waals surface area (Å²) in [4.78, 5) is 23.3. The molecule has 0 fully saturated rings. The number of amides is 1. The smallest absolute Gasteiger partial charge is 0.229 e. The van der Waals surface area contributed by atoms with Crippen LogP contribution in [-0.4, -0.2) is 62.4 Å². The number of sulfone groups is 1. The van der Waals surface area contributed by atoms with E-state index in [0.29, 0.717) is 18.2 Å². The first-order valence-electron chi connectivity index (χ1n) is 11.0. The molecule has 10 heteroatoms. The second kappa shape index (κ2) is 12.9. The Morgan fingerprint density at radius 2 is 1.74 bits per heavy atom. The van der Waals surface area contributed by atoms with Crippen molar-refractivity contribution in [1.29, 1.82) is 0 Å². The third-order valence-corrected chi connectivity index (χ3v) is 9.11. The summed E-state index contributed by atoms with van der Waals surface area (Å²) >= 11 is 3.14. The molecule has 0 spiro atoms. The normalized spacial score (nSPS) is 11.6. The lowest BCUT2D eigenvalue weighted by atomic mass is 10.2. The minimum absolute atomic E-state index is 0. The van der Waals surface area contributed by atoms with Crippen molar-refractivity contribution in [3.63, 3.8) is 0 Å². The van der Waals surface area contributed by atoms with Crippen molar-refractivity contribution in [1.82, 2.24) is 9.88 Å². The van der Waals surface area contributed by atoms with Gasteiger partial charge in [-0.15, -0.1) is 24.2 Å². The lowest BCUT2D eigenvalue weighted by Crippen LogP contribution is -2.39. The summed E-state index contributed by atoms with van der Waals surface area (Å²) in [6, 6.07) is 12.8. The highest BCUT2D eigenvalue weighted by atomic mass is 35.5. The van der Waals surface area contributed by atoms with Crippen LogP contribution in [0.5, 0.6) is 0 Å². The molecule has 186 valence electrons. The maximum absolute atomic E-state index is 13.3. The number of anilines is 1. The summed E-state index contributed by atoms with van der Waals surface area (Å²) < 4.78 is 26.6. The number of likely N-dealkylation sites (N-methyl/N-ethyl adjacent to an activating group) is 1. The van der Waals surface area contributed by atoms with Gasteiger partial charge < -0.3 is 4.90 Å². The number of thiazole rings is 1. The molecule has 0 saturated carbocycles. The number of hydrogen-bond donors (Lipinski definition) is 0. The van der Waals surface area contributed by atoms with Crippen molar-refractivity contribution in [2.45, 2.75) is 37.0 Å². The molecule has 1 amide bonds. The number of hydrogen-bond acceptors (Lipinski definition) is 7. The van der Waals surface area contributed by atoms with Crippen molar-refractivity contribution in [3.05, 3.63) is 48.0 Å². The van der Waals surface area contributed by atoms with Crippen LogP contribution in [0.1, 0.15) is 25.8 Å². The van der Waals surface area contributed by atoms with Gasteiger partial charge in [0.2, 0.25) is 5.91 Å². The highest BCUT2D eigenvalue weighted by Gasteiger charge is 2.23. The Morgan fingerprint density at radius 1 is 1.06 bits per heavy atom. The van der Waals surface area contributed by atoms with Gasteiger partial charge in [-0.05, 0) is 56.6 Å². The van der Waals surface area contributed by atoms with Crippen LogP contribution >= 0.6 is 35.5 Å². The van der Waals surface area contributed by atoms with Crippen molar-refractivity contribution < 1.29 is 13.2 Å². The summed E-state index contributed by atoms with van der Waals surface area (Å²) in [6.45, 7) is 9.04. The zero-order valence-electron chi connectivity index (χ0n) is 20.0. The predicted molar refractivity (Wildman–Crippen MR) is 147 cm³/mol. The third kappa shape index (κ3) is 7.18. The molecule has 0 aliphatic heterocycles. The molecule has 1 aromatic heterocycles. The first kappa shape index (κ1) is 28.6. The molecule has 0 aliphatic rings. The standard InChI is InChI=1S/C24H31N3O3S3.ClH/c1-5-26(6-2)14-15-27(24-25-21-12-9-19(31-4)17-22(21)32-24)23(28)13-16-33(29,30)20-10-7-18(3)8-11-20;/h7-12,17H,5-6,13-16H2,1-4H3;1H. The maximum atomic E-state index is 13.3. The molecule has 0 saturated heterocycles. The monoisotopic (exact) mass is 541 g/mol. The topological polar surface area (TPSA) is 70.6 Å². The average Bonchev–Trinajstić information content (AvgIpc) is 3.23. The van der Waals surface area contributed by atoms with E-state index < -0.39 is 9.84 Å². The van der Waals surface area contributed by atoms with E-state index in [1.165, 1.54) is 11.3 Å². The maximum Gasteiger partial charge on any atom is 0.229 e. The molecule has 6 nitrogen and oxygen atoms in total. The number of benzene rings is 2. The van der Waals surface area contributed by atoms with Gasteiger partial charge in [0.05, 0.1) is 20.9 Å². The Labute approximate surface area is 217 Å². The number of nitrogens with zero attached hydrogens (tertiary/aromatic N) is 3. The molecular formula is C24H32ClN3O3S3. The number of thioether (sulfide) groups is 1. The molecule has 0 bridgehead atoms. The van der Waals surface area contributed by atoms with Gasteiger partial charge in [0.25, 0.3) is 0 Å². The van der Waals surface area contributed by atoms with E-state index in [1.807, 2.05) is 25.3 Å². The van der Waals surface area contributed by atoms with Crippen LogP contribution in [0.25, 0.3) is 10.2 Å². The van der Waals surface area contributed by atoms with Crippen LogP contribution in [0.3, 0.4) is 0 Å². The van der Waals surface area contributed by atoms with E-state index in [1.54, 1.807) is 40.9 Å². The highest BCUT2D eigenvalue weighted by Crippen LogP contribution is 2.32. The second-order valence-electron chi connectivity index (χ2n) is 7.78. The Morgan fingerprint density at radius 3 is 2.35 bits per heavy atom. The van der Waals surface area contributed by atoms with Gasteiger partial charge in [0.15, 0.2) is 15.0 Å². The van der Waals surface area contributed by atoms with Gasteiger partial charge in [-0.3, -0.25) is 9.69 Å². The fourth-order valence-electron chi connectivity index (χ4n) is 3.46. The number of fused-ring (bicyclic) bond motifs is 1. The van der Waals surface area contributed by atoms with Crippen LogP contribution in [-0.2, 0) is 14.6 Å². The zero-order chi connectivity index (χ0) is 24.0. The van der Waals surface area contributed by atoms with E-state index in [9.17, 15) is 13.2 Å². The van der Waals surface area contributed by atoms with E-state index in [4.69, 9.17) is 4.98 Å². The first-order chi connectivity index (χ1) is 15.8. The van der Waals surface area contributed by atoms with Gasteiger partial charge in [0.1, 0.15) is 0 Å². The van der Waals surface area contributed by atoms with E-state index >= 15 is 0 Å². The van der Waals surface area contributed by atoms with Gasteiger partial charge in [0, 0.05) is 24.4 Å². The number of carbonyl (C=O) groups is 1. The van der Waals surface area contributed by atoms with E-state index in [2.05, 4.69) is 24.8 Å². The van der Waals surface area contributed by atoms with Crippen LogP contribution < -0.4 is 4.90 Å². The predicted octanol–water partition coefficient (Wildman–Crippen LogP) is 5.29. The van der Waals surface area contributed by atoms with Gasteiger partial charge in [-0.1, -0.05) is 42.9 Å². The van der Waals surface area contributed by atoms with Crippen LogP contribution in [0.4, 0.5) is 5.13 Å². The zero-order valence-corrected chi connectivity index (χ0v) is 23.2. The van der Waals surface area contributed by atoms with Crippen LogP contribution in [0, 0.1) is 6.92 Å². The number of aryl methyl sites for hydroxylation is 1. The summed E-state index contributed by atoms with van der Waals surface area (Å²) in [5, 5.41) is 0.619. The third-order valence-electron chi connectivity index (χ3n) is 5.62. The summed E-state index contributed by atoms with van der Waals surface area (Å²) in [7, 11) is -3.54. The van der Waals surface area contributed by atoms with Crippen molar-refractivity contribution >= 4 is 66.6 Å². The summed E-state index contributed by atoms with van der Waals surface area (Å²) in [5.74, 6) is -0.444.